The van der Waals surface area contributed by atoms with E-state index < -0.39 is 0 Å². The summed E-state index contributed by atoms with van der Waals surface area (Å²) in [6.45, 7) is 2.57. The minimum atomic E-state index is -0.271. The predicted octanol–water partition coefficient (Wildman–Crippen LogP) is 3.65. The minimum Gasteiger partial charge on any atom is -0.463 e. The standard InChI is InChI=1S/C13H15IO2/c1-2-3-10-16-13(15)9-6-11-4-7-12(14)8-5-11/h4-9H,2-3,10H2,1H3. The topological polar surface area (TPSA) is 26.3 Å². The lowest BCUT2D eigenvalue weighted by atomic mass is 10.2. The number of unbranched alkanes of at least 4 members (excludes halogenated alkanes) is 1. The highest BCUT2D eigenvalue weighted by Crippen LogP contribution is 2.08. The molecular formula is C13H15IO2. The first kappa shape index (κ1) is 13.2. The van der Waals surface area contributed by atoms with Crippen molar-refractivity contribution in [3.05, 3.63) is 39.5 Å². The molecule has 0 aliphatic heterocycles. The van der Waals surface area contributed by atoms with Crippen LogP contribution in [0.2, 0.25) is 0 Å². The van der Waals surface area contributed by atoms with Crippen LogP contribution in [0.25, 0.3) is 6.08 Å². The van der Waals surface area contributed by atoms with E-state index in [1.807, 2.05) is 24.3 Å². The van der Waals surface area contributed by atoms with Gasteiger partial charge in [0, 0.05) is 9.65 Å². The molecule has 0 saturated heterocycles. The first-order valence-corrected chi connectivity index (χ1v) is 6.40. The van der Waals surface area contributed by atoms with E-state index in [2.05, 4.69) is 29.5 Å². The summed E-state index contributed by atoms with van der Waals surface area (Å²) in [5, 5.41) is 0. The maximum Gasteiger partial charge on any atom is 0.330 e. The molecule has 0 heterocycles. The first-order chi connectivity index (χ1) is 7.72. The molecule has 0 aliphatic rings. The summed E-state index contributed by atoms with van der Waals surface area (Å²) in [5.74, 6) is -0.271. The zero-order chi connectivity index (χ0) is 11.8. The number of esters is 1. The largest absolute Gasteiger partial charge is 0.463 e. The van der Waals surface area contributed by atoms with Gasteiger partial charge in [-0.1, -0.05) is 25.5 Å². The maximum absolute atomic E-state index is 11.2. The third-order valence-electron chi connectivity index (χ3n) is 2.02. The molecule has 86 valence electrons. The Morgan fingerprint density at radius 2 is 2.06 bits per heavy atom. The fourth-order valence-electron chi connectivity index (χ4n) is 1.10. The Bertz CT molecular complexity index is 355. The monoisotopic (exact) mass is 330 g/mol. The Balaban J connectivity index is 2.41. The van der Waals surface area contributed by atoms with E-state index in [0.29, 0.717) is 6.61 Å². The molecule has 16 heavy (non-hydrogen) atoms. The van der Waals surface area contributed by atoms with Crippen molar-refractivity contribution in [3.8, 4) is 0 Å². The molecule has 0 fully saturated rings. The van der Waals surface area contributed by atoms with E-state index in [1.54, 1.807) is 6.08 Å². The fraction of sp³-hybridized carbons (Fsp3) is 0.308. The second-order valence-electron chi connectivity index (χ2n) is 3.41. The molecule has 0 aliphatic carbocycles. The van der Waals surface area contributed by atoms with Crippen molar-refractivity contribution in [2.24, 2.45) is 0 Å². The van der Waals surface area contributed by atoms with Crippen LogP contribution in [0.3, 0.4) is 0 Å². The first-order valence-electron chi connectivity index (χ1n) is 5.33. The second kappa shape index (κ2) is 7.44. The molecule has 1 rings (SSSR count). The average Bonchev–Trinajstić information content (AvgIpc) is 2.29. The second-order valence-corrected chi connectivity index (χ2v) is 4.65. The Labute approximate surface area is 110 Å². The summed E-state index contributed by atoms with van der Waals surface area (Å²) >= 11 is 2.25. The number of halogens is 1. The van der Waals surface area contributed by atoms with Crippen LogP contribution >= 0.6 is 22.6 Å². The van der Waals surface area contributed by atoms with Crippen LogP contribution in [0.5, 0.6) is 0 Å². The lowest BCUT2D eigenvalue weighted by molar-refractivity contribution is -0.137. The Kier molecular flexibility index (Phi) is 6.15. The molecule has 1 aromatic rings. The molecular weight excluding hydrogens is 315 g/mol. The Morgan fingerprint density at radius 3 is 2.69 bits per heavy atom. The van der Waals surface area contributed by atoms with Gasteiger partial charge in [0.15, 0.2) is 0 Å². The number of carbonyl (C=O) groups excluding carboxylic acids is 1. The molecule has 0 atom stereocenters. The van der Waals surface area contributed by atoms with E-state index in [1.165, 1.54) is 9.65 Å². The summed E-state index contributed by atoms with van der Waals surface area (Å²) < 4.78 is 6.18. The van der Waals surface area contributed by atoms with E-state index in [-0.39, 0.29) is 5.97 Å². The number of ether oxygens (including phenoxy) is 1. The predicted molar refractivity (Wildman–Crippen MR) is 74.1 cm³/mol. The molecule has 0 radical (unpaired) electrons. The van der Waals surface area contributed by atoms with Crippen molar-refractivity contribution in [1.82, 2.24) is 0 Å². The molecule has 2 nitrogen and oxygen atoms in total. The van der Waals surface area contributed by atoms with E-state index >= 15 is 0 Å². The van der Waals surface area contributed by atoms with Crippen molar-refractivity contribution in [2.45, 2.75) is 19.8 Å². The molecule has 0 aromatic heterocycles. The van der Waals surface area contributed by atoms with Crippen molar-refractivity contribution in [1.29, 1.82) is 0 Å². The maximum atomic E-state index is 11.2. The van der Waals surface area contributed by atoms with Crippen LogP contribution in [0.15, 0.2) is 30.3 Å². The molecule has 0 bridgehead atoms. The van der Waals surface area contributed by atoms with E-state index in [0.717, 1.165) is 18.4 Å². The van der Waals surface area contributed by atoms with Crippen LogP contribution in [0, 0.1) is 3.57 Å². The van der Waals surface area contributed by atoms with Gasteiger partial charge in [0.25, 0.3) is 0 Å². The molecule has 0 N–H and O–H groups in total. The van der Waals surface area contributed by atoms with Crippen LogP contribution < -0.4 is 0 Å². The molecule has 0 unspecified atom stereocenters. The third kappa shape index (κ3) is 5.30. The number of hydrogen-bond acceptors (Lipinski definition) is 2. The average molecular weight is 330 g/mol. The van der Waals surface area contributed by atoms with Crippen molar-refractivity contribution in [3.63, 3.8) is 0 Å². The van der Waals surface area contributed by atoms with Gasteiger partial charge in [-0.2, -0.15) is 0 Å². The summed E-state index contributed by atoms with van der Waals surface area (Å²) in [5.41, 5.74) is 1.01. The third-order valence-corrected chi connectivity index (χ3v) is 2.74. The lowest BCUT2D eigenvalue weighted by Crippen LogP contribution is -2.01. The van der Waals surface area contributed by atoms with Crippen molar-refractivity contribution in [2.75, 3.05) is 6.61 Å². The SMILES string of the molecule is CCCCOC(=O)C=Cc1ccc(I)cc1. The molecule has 1 aromatic carbocycles. The fourth-order valence-corrected chi connectivity index (χ4v) is 1.46. The molecule has 3 heteroatoms. The van der Waals surface area contributed by atoms with Gasteiger partial charge in [0.1, 0.15) is 0 Å². The van der Waals surface area contributed by atoms with Gasteiger partial charge in [-0.05, 0) is 52.8 Å². The van der Waals surface area contributed by atoms with Gasteiger partial charge in [-0.15, -0.1) is 0 Å². The summed E-state index contributed by atoms with van der Waals surface area (Å²) in [6, 6.07) is 7.94. The van der Waals surface area contributed by atoms with Crippen molar-refractivity contribution < 1.29 is 9.53 Å². The lowest BCUT2D eigenvalue weighted by Gasteiger charge is -1.99. The highest BCUT2D eigenvalue weighted by atomic mass is 127. The highest BCUT2D eigenvalue weighted by molar-refractivity contribution is 14.1. The van der Waals surface area contributed by atoms with Crippen LogP contribution in [0.1, 0.15) is 25.3 Å². The number of rotatable bonds is 5. The number of hydrogen-bond donors (Lipinski definition) is 0. The molecule has 0 spiro atoms. The van der Waals surface area contributed by atoms with Gasteiger partial charge in [-0.3, -0.25) is 0 Å². The zero-order valence-electron chi connectivity index (χ0n) is 9.28. The van der Waals surface area contributed by atoms with Gasteiger partial charge in [0.2, 0.25) is 0 Å². The van der Waals surface area contributed by atoms with Gasteiger partial charge >= 0.3 is 5.97 Å². The molecule has 0 saturated carbocycles. The van der Waals surface area contributed by atoms with Gasteiger partial charge in [0.05, 0.1) is 6.61 Å². The van der Waals surface area contributed by atoms with Crippen LogP contribution in [-0.4, -0.2) is 12.6 Å². The quantitative estimate of drug-likeness (QED) is 0.357. The summed E-state index contributed by atoms with van der Waals surface area (Å²) in [6.07, 6.45) is 5.19. The Morgan fingerprint density at radius 1 is 1.38 bits per heavy atom. The summed E-state index contributed by atoms with van der Waals surface area (Å²) in [7, 11) is 0. The number of benzene rings is 1. The number of carbonyl (C=O) groups is 1. The smallest absolute Gasteiger partial charge is 0.330 e. The van der Waals surface area contributed by atoms with E-state index in [4.69, 9.17) is 4.74 Å². The normalized spacial score (nSPS) is 10.6. The Hall–Kier alpha value is -0.840. The summed E-state index contributed by atoms with van der Waals surface area (Å²) in [4.78, 5) is 11.2. The zero-order valence-corrected chi connectivity index (χ0v) is 11.4. The van der Waals surface area contributed by atoms with Gasteiger partial charge < -0.3 is 4.74 Å². The van der Waals surface area contributed by atoms with Crippen LogP contribution in [-0.2, 0) is 9.53 Å². The highest BCUT2D eigenvalue weighted by Gasteiger charge is 1.95. The molecule has 0 amide bonds. The van der Waals surface area contributed by atoms with Crippen LogP contribution in [0.4, 0.5) is 0 Å². The van der Waals surface area contributed by atoms with E-state index in [9.17, 15) is 4.79 Å². The van der Waals surface area contributed by atoms with Gasteiger partial charge in [-0.25, -0.2) is 4.79 Å². The minimum absolute atomic E-state index is 0.271. The van der Waals surface area contributed by atoms with Crippen molar-refractivity contribution >= 4 is 34.6 Å².